The Balaban J connectivity index is 1.53. The number of halogens is 2. The van der Waals surface area contributed by atoms with Crippen molar-refractivity contribution in [3.8, 4) is 0 Å². The number of nitrogens with zero attached hydrogens (tertiary/aromatic N) is 3. The van der Waals surface area contributed by atoms with Gasteiger partial charge in [0.2, 0.25) is 17.7 Å². The summed E-state index contributed by atoms with van der Waals surface area (Å²) >= 11 is 11.9. The molecule has 174 valence electrons. The molecule has 7 nitrogen and oxygen atoms in total. The van der Waals surface area contributed by atoms with Gasteiger partial charge in [0.05, 0.1) is 22.2 Å². The second-order valence-electron chi connectivity index (χ2n) is 8.52. The van der Waals surface area contributed by atoms with Crippen LogP contribution in [0, 0.1) is 0 Å². The van der Waals surface area contributed by atoms with E-state index in [9.17, 15) is 19.5 Å². The molecule has 1 N–H and O–H groups in total. The van der Waals surface area contributed by atoms with Crippen LogP contribution in [-0.2, 0) is 14.4 Å². The zero-order valence-electron chi connectivity index (χ0n) is 18.2. The summed E-state index contributed by atoms with van der Waals surface area (Å²) in [6.45, 7) is 3.91. The molecule has 2 heterocycles. The van der Waals surface area contributed by atoms with Gasteiger partial charge in [-0.1, -0.05) is 29.3 Å². The molecule has 0 bridgehead atoms. The van der Waals surface area contributed by atoms with Crippen molar-refractivity contribution in [1.29, 1.82) is 0 Å². The molecule has 0 aliphatic carbocycles. The summed E-state index contributed by atoms with van der Waals surface area (Å²) in [7, 11) is 0. The smallest absolute Gasteiger partial charge is 0.246 e. The first-order valence-electron chi connectivity index (χ1n) is 10.8. The van der Waals surface area contributed by atoms with E-state index in [0.717, 1.165) is 18.4 Å². The van der Waals surface area contributed by atoms with Crippen molar-refractivity contribution in [3.63, 3.8) is 0 Å². The topological polar surface area (TPSA) is 81.2 Å². The first-order chi connectivity index (χ1) is 15.2. The SMILES string of the molecule is CC1(CO)CCCN1C(=O)CCN1CCN(C(=O)/C=C/c2ccc(Cl)c(Cl)c2)CCC1=O. The summed E-state index contributed by atoms with van der Waals surface area (Å²) in [6, 6.07) is 5.12. The lowest BCUT2D eigenvalue weighted by Gasteiger charge is -2.34. The van der Waals surface area contributed by atoms with Gasteiger partial charge in [-0.05, 0) is 43.5 Å². The third-order valence-corrected chi connectivity index (χ3v) is 6.99. The van der Waals surface area contributed by atoms with E-state index >= 15 is 0 Å². The maximum atomic E-state index is 12.7. The van der Waals surface area contributed by atoms with E-state index in [4.69, 9.17) is 23.2 Å². The number of carbonyl (C=O) groups is 3. The normalized spacial score (nSPS) is 22.0. The van der Waals surface area contributed by atoms with Gasteiger partial charge in [0.15, 0.2) is 0 Å². The zero-order valence-corrected chi connectivity index (χ0v) is 19.7. The van der Waals surface area contributed by atoms with Crippen molar-refractivity contribution in [1.82, 2.24) is 14.7 Å². The van der Waals surface area contributed by atoms with Crippen LogP contribution < -0.4 is 0 Å². The highest BCUT2D eigenvalue weighted by Crippen LogP contribution is 2.29. The van der Waals surface area contributed by atoms with Gasteiger partial charge in [-0.3, -0.25) is 14.4 Å². The van der Waals surface area contributed by atoms with Gasteiger partial charge in [0, 0.05) is 51.6 Å². The van der Waals surface area contributed by atoms with Crippen LogP contribution in [0.5, 0.6) is 0 Å². The highest BCUT2D eigenvalue weighted by Gasteiger charge is 2.38. The molecule has 32 heavy (non-hydrogen) atoms. The third-order valence-electron chi connectivity index (χ3n) is 6.25. The number of rotatable bonds is 6. The van der Waals surface area contributed by atoms with E-state index in [0.29, 0.717) is 42.8 Å². The van der Waals surface area contributed by atoms with E-state index < -0.39 is 5.54 Å². The van der Waals surface area contributed by atoms with Crippen LogP contribution in [0.3, 0.4) is 0 Å². The molecule has 2 aliphatic rings. The molecule has 0 radical (unpaired) electrons. The van der Waals surface area contributed by atoms with Crippen LogP contribution in [-0.4, -0.2) is 82.4 Å². The van der Waals surface area contributed by atoms with Gasteiger partial charge in [0.25, 0.3) is 0 Å². The number of hydrogen-bond acceptors (Lipinski definition) is 4. The van der Waals surface area contributed by atoms with Gasteiger partial charge >= 0.3 is 0 Å². The predicted molar refractivity (Wildman–Crippen MR) is 124 cm³/mol. The number of aliphatic hydroxyl groups excluding tert-OH is 1. The summed E-state index contributed by atoms with van der Waals surface area (Å²) in [5.74, 6) is -0.293. The molecule has 0 saturated carbocycles. The fraction of sp³-hybridized carbons (Fsp3) is 0.522. The number of benzene rings is 1. The Morgan fingerprint density at radius 3 is 2.66 bits per heavy atom. The van der Waals surface area contributed by atoms with Crippen molar-refractivity contribution in [2.45, 2.75) is 38.1 Å². The van der Waals surface area contributed by atoms with Crippen molar-refractivity contribution in [2.75, 3.05) is 39.3 Å². The number of amides is 3. The van der Waals surface area contributed by atoms with E-state index in [2.05, 4.69) is 0 Å². The molecule has 1 unspecified atom stereocenters. The van der Waals surface area contributed by atoms with Crippen LogP contribution in [0.1, 0.15) is 38.2 Å². The predicted octanol–water partition coefficient (Wildman–Crippen LogP) is 2.83. The molecule has 0 spiro atoms. The molecule has 2 fully saturated rings. The summed E-state index contributed by atoms with van der Waals surface area (Å²) in [5, 5.41) is 10.5. The fourth-order valence-corrected chi connectivity index (χ4v) is 4.50. The second-order valence-corrected chi connectivity index (χ2v) is 9.33. The average Bonchev–Trinajstić information content (AvgIpc) is 3.07. The van der Waals surface area contributed by atoms with E-state index in [1.807, 2.05) is 6.92 Å². The fourth-order valence-electron chi connectivity index (χ4n) is 4.19. The molecule has 3 rings (SSSR count). The Morgan fingerprint density at radius 1 is 1.16 bits per heavy atom. The lowest BCUT2D eigenvalue weighted by Crippen LogP contribution is -2.48. The second kappa shape index (κ2) is 10.7. The Bertz CT molecular complexity index is 907. The number of aliphatic hydroxyl groups is 1. The van der Waals surface area contributed by atoms with Gasteiger partial charge in [-0.25, -0.2) is 0 Å². The maximum Gasteiger partial charge on any atom is 0.246 e. The summed E-state index contributed by atoms with van der Waals surface area (Å²) in [4.78, 5) is 42.8. The Morgan fingerprint density at radius 2 is 1.94 bits per heavy atom. The van der Waals surface area contributed by atoms with E-state index in [1.54, 1.807) is 39.0 Å². The molecule has 1 aromatic carbocycles. The summed E-state index contributed by atoms with van der Waals surface area (Å²) < 4.78 is 0. The van der Waals surface area contributed by atoms with Crippen molar-refractivity contribution >= 4 is 47.0 Å². The minimum absolute atomic E-state index is 0.0476. The van der Waals surface area contributed by atoms with E-state index in [1.165, 1.54) is 6.08 Å². The number of likely N-dealkylation sites (tertiary alicyclic amines) is 1. The highest BCUT2D eigenvalue weighted by atomic mass is 35.5. The monoisotopic (exact) mass is 481 g/mol. The molecular formula is C23H29Cl2N3O4. The standard InChI is InChI=1S/C23H29Cl2N3O4/c1-23(16-29)9-2-10-28(23)22(32)8-12-27-14-13-26(11-7-21(27)31)20(30)6-4-17-3-5-18(24)19(25)15-17/h3-6,15,29H,2,7-14,16H2,1H3/b6-4+. The molecule has 1 aromatic rings. The first-order valence-corrected chi connectivity index (χ1v) is 11.6. The zero-order chi connectivity index (χ0) is 23.3. The Labute approximate surface area is 198 Å². The van der Waals surface area contributed by atoms with Gasteiger partial charge in [-0.15, -0.1) is 0 Å². The first kappa shape index (κ1) is 24.6. The van der Waals surface area contributed by atoms with Crippen molar-refractivity contribution in [3.05, 3.63) is 39.9 Å². The van der Waals surface area contributed by atoms with Gasteiger partial charge in [-0.2, -0.15) is 0 Å². The Kier molecular flexibility index (Phi) is 8.20. The van der Waals surface area contributed by atoms with Crippen LogP contribution in [0.4, 0.5) is 0 Å². The molecular weight excluding hydrogens is 453 g/mol. The van der Waals surface area contributed by atoms with Gasteiger partial charge < -0.3 is 19.8 Å². The van der Waals surface area contributed by atoms with Crippen molar-refractivity contribution in [2.24, 2.45) is 0 Å². The molecule has 1 atom stereocenters. The van der Waals surface area contributed by atoms with Gasteiger partial charge in [0.1, 0.15) is 0 Å². The minimum atomic E-state index is -0.510. The third kappa shape index (κ3) is 5.82. The van der Waals surface area contributed by atoms with E-state index in [-0.39, 0.29) is 37.2 Å². The lowest BCUT2D eigenvalue weighted by atomic mass is 10.00. The largest absolute Gasteiger partial charge is 0.394 e. The molecule has 0 aromatic heterocycles. The maximum absolute atomic E-state index is 12.7. The van der Waals surface area contributed by atoms with Crippen molar-refractivity contribution < 1.29 is 19.5 Å². The Hall–Kier alpha value is -2.09. The number of hydrogen-bond donors (Lipinski definition) is 1. The summed E-state index contributed by atoms with van der Waals surface area (Å²) in [6.07, 6.45) is 5.22. The van der Waals surface area contributed by atoms with Crippen LogP contribution >= 0.6 is 23.2 Å². The highest BCUT2D eigenvalue weighted by molar-refractivity contribution is 6.42. The van der Waals surface area contributed by atoms with Crippen LogP contribution in [0.2, 0.25) is 10.0 Å². The lowest BCUT2D eigenvalue weighted by molar-refractivity contribution is -0.137. The minimum Gasteiger partial charge on any atom is -0.394 e. The molecule has 2 saturated heterocycles. The average molecular weight is 482 g/mol. The van der Waals surface area contributed by atoms with Crippen LogP contribution in [0.15, 0.2) is 24.3 Å². The number of carbonyl (C=O) groups excluding carboxylic acids is 3. The quantitative estimate of drug-likeness (QED) is 0.633. The molecule has 9 heteroatoms. The molecule has 3 amide bonds. The molecule has 2 aliphatic heterocycles. The van der Waals surface area contributed by atoms with Crippen LogP contribution in [0.25, 0.3) is 6.08 Å². The summed E-state index contributed by atoms with van der Waals surface area (Å²) in [5.41, 5.74) is 0.250.